The van der Waals surface area contributed by atoms with Crippen LogP contribution in [0.25, 0.3) is 0 Å². The highest BCUT2D eigenvalue weighted by Crippen LogP contribution is 2.31. The highest BCUT2D eigenvalue weighted by molar-refractivity contribution is 5.07. The molecule has 21 heavy (non-hydrogen) atoms. The lowest BCUT2D eigenvalue weighted by Crippen LogP contribution is -2.50. The third kappa shape index (κ3) is 3.68. The van der Waals surface area contributed by atoms with Gasteiger partial charge in [-0.1, -0.05) is 13.3 Å². The number of likely N-dealkylation sites (tertiary alicyclic amines) is 1. The maximum Gasteiger partial charge on any atom is 0.122 e. The molecule has 3 heterocycles. The molecule has 2 aliphatic heterocycles. The largest absolute Gasteiger partial charge is 0.468 e. The number of nitrogens with one attached hydrogen (secondary N) is 1. The van der Waals surface area contributed by atoms with Gasteiger partial charge in [-0.3, -0.25) is 9.80 Å². The van der Waals surface area contributed by atoms with Crippen LogP contribution in [0.3, 0.4) is 0 Å². The Kier molecular flexibility index (Phi) is 5.33. The van der Waals surface area contributed by atoms with Crippen LogP contribution in [-0.4, -0.2) is 55.1 Å². The molecule has 1 N–H and O–H groups in total. The number of piperidine rings is 1. The monoisotopic (exact) mass is 291 g/mol. The minimum atomic E-state index is 0.420. The Bertz CT molecular complexity index is 400. The van der Waals surface area contributed by atoms with E-state index in [1.807, 2.05) is 12.3 Å². The van der Waals surface area contributed by atoms with Crippen LogP contribution in [0.1, 0.15) is 44.4 Å². The summed E-state index contributed by atoms with van der Waals surface area (Å²) in [5.41, 5.74) is 0. The van der Waals surface area contributed by atoms with Crippen LogP contribution in [0, 0.1) is 0 Å². The second kappa shape index (κ2) is 7.43. The highest BCUT2D eigenvalue weighted by Gasteiger charge is 2.31. The van der Waals surface area contributed by atoms with Crippen LogP contribution < -0.4 is 5.32 Å². The van der Waals surface area contributed by atoms with Crippen LogP contribution >= 0.6 is 0 Å². The van der Waals surface area contributed by atoms with E-state index in [1.165, 1.54) is 32.2 Å². The summed E-state index contributed by atoms with van der Waals surface area (Å²) in [6, 6.07) is 5.33. The van der Waals surface area contributed by atoms with E-state index in [9.17, 15) is 0 Å². The van der Waals surface area contributed by atoms with Crippen molar-refractivity contribution in [3.05, 3.63) is 24.2 Å². The Morgan fingerprint density at radius 1 is 1.29 bits per heavy atom. The average Bonchev–Trinajstić information content (AvgIpc) is 3.08. The van der Waals surface area contributed by atoms with Crippen molar-refractivity contribution in [1.29, 1.82) is 0 Å². The van der Waals surface area contributed by atoms with Gasteiger partial charge in [0, 0.05) is 38.8 Å². The zero-order valence-corrected chi connectivity index (χ0v) is 13.3. The molecule has 2 atom stereocenters. The highest BCUT2D eigenvalue weighted by atomic mass is 16.3. The molecule has 2 unspecified atom stereocenters. The number of piperazine rings is 1. The van der Waals surface area contributed by atoms with Crippen molar-refractivity contribution in [1.82, 2.24) is 15.1 Å². The molecule has 0 aromatic carbocycles. The molecule has 3 rings (SSSR count). The van der Waals surface area contributed by atoms with E-state index in [4.69, 9.17) is 4.42 Å². The van der Waals surface area contributed by atoms with Crippen molar-refractivity contribution in [2.45, 2.75) is 44.7 Å². The van der Waals surface area contributed by atoms with Crippen molar-refractivity contribution in [3.8, 4) is 0 Å². The normalized spacial score (nSPS) is 26.8. The Morgan fingerprint density at radius 3 is 2.86 bits per heavy atom. The summed E-state index contributed by atoms with van der Waals surface area (Å²) in [7, 11) is 0. The molecule has 0 saturated carbocycles. The molecule has 0 bridgehead atoms. The zero-order chi connectivity index (χ0) is 14.5. The van der Waals surface area contributed by atoms with E-state index in [0.717, 1.165) is 44.5 Å². The summed E-state index contributed by atoms with van der Waals surface area (Å²) in [6.45, 7) is 9.18. The predicted molar refractivity (Wildman–Crippen MR) is 85.4 cm³/mol. The quantitative estimate of drug-likeness (QED) is 0.903. The second-order valence-electron chi connectivity index (χ2n) is 6.38. The third-order valence-corrected chi connectivity index (χ3v) is 5.06. The molecule has 2 saturated heterocycles. The van der Waals surface area contributed by atoms with Crippen LogP contribution in [0.2, 0.25) is 0 Å². The van der Waals surface area contributed by atoms with E-state index in [0.29, 0.717) is 6.04 Å². The minimum Gasteiger partial charge on any atom is -0.468 e. The molecular formula is C17H29N3O. The molecule has 1 aromatic heterocycles. The van der Waals surface area contributed by atoms with Crippen LogP contribution in [0.15, 0.2) is 22.8 Å². The molecule has 4 nitrogen and oxygen atoms in total. The van der Waals surface area contributed by atoms with Gasteiger partial charge < -0.3 is 9.73 Å². The van der Waals surface area contributed by atoms with Gasteiger partial charge in [0.15, 0.2) is 0 Å². The first-order chi connectivity index (χ1) is 10.4. The van der Waals surface area contributed by atoms with Gasteiger partial charge in [-0.2, -0.15) is 0 Å². The number of furan rings is 1. The summed E-state index contributed by atoms with van der Waals surface area (Å²) in [6.07, 6.45) is 7.13. The lowest BCUT2D eigenvalue weighted by Gasteiger charge is -2.42. The van der Waals surface area contributed by atoms with Crippen LogP contribution in [0.4, 0.5) is 0 Å². The maximum atomic E-state index is 5.80. The molecule has 2 aliphatic rings. The lowest BCUT2D eigenvalue weighted by molar-refractivity contribution is 0.0515. The van der Waals surface area contributed by atoms with E-state index >= 15 is 0 Å². The number of hydrogen-bond acceptors (Lipinski definition) is 4. The minimum absolute atomic E-state index is 0.420. The van der Waals surface area contributed by atoms with E-state index < -0.39 is 0 Å². The molecule has 2 fully saturated rings. The number of hydrogen-bond donors (Lipinski definition) is 1. The molecule has 0 aliphatic carbocycles. The summed E-state index contributed by atoms with van der Waals surface area (Å²) in [4.78, 5) is 5.30. The molecule has 0 amide bonds. The fraction of sp³-hybridized carbons (Fsp3) is 0.765. The van der Waals surface area contributed by atoms with Gasteiger partial charge in [0.25, 0.3) is 0 Å². The first kappa shape index (κ1) is 15.1. The third-order valence-electron chi connectivity index (χ3n) is 5.06. The average molecular weight is 291 g/mol. The van der Waals surface area contributed by atoms with Crippen molar-refractivity contribution >= 4 is 0 Å². The molecule has 0 radical (unpaired) electrons. The van der Waals surface area contributed by atoms with Gasteiger partial charge in [0.2, 0.25) is 0 Å². The van der Waals surface area contributed by atoms with Gasteiger partial charge in [0.1, 0.15) is 5.76 Å². The number of nitrogens with zero attached hydrogens (tertiary/aromatic N) is 2. The van der Waals surface area contributed by atoms with Crippen molar-refractivity contribution in [2.75, 3.05) is 39.3 Å². The van der Waals surface area contributed by atoms with Gasteiger partial charge in [-0.15, -0.1) is 0 Å². The van der Waals surface area contributed by atoms with Gasteiger partial charge in [0.05, 0.1) is 12.3 Å². The van der Waals surface area contributed by atoms with Gasteiger partial charge in [-0.25, -0.2) is 0 Å². The second-order valence-corrected chi connectivity index (χ2v) is 6.38. The van der Waals surface area contributed by atoms with Crippen LogP contribution in [0.5, 0.6) is 0 Å². The fourth-order valence-electron chi connectivity index (χ4n) is 3.85. The molecule has 4 heteroatoms. The molecule has 1 aromatic rings. The van der Waals surface area contributed by atoms with Crippen molar-refractivity contribution in [2.24, 2.45) is 0 Å². The molecular weight excluding hydrogens is 262 g/mol. The first-order valence-electron chi connectivity index (χ1n) is 8.60. The van der Waals surface area contributed by atoms with Gasteiger partial charge >= 0.3 is 0 Å². The Morgan fingerprint density at radius 2 is 2.14 bits per heavy atom. The van der Waals surface area contributed by atoms with Crippen LogP contribution in [-0.2, 0) is 0 Å². The van der Waals surface area contributed by atoms with Gasteiger partial charge in [-0.05, 0) is 37.9 Å². The molecule has 118 valence electrons. The van der Waals surface area contributed by atoms with E-state index in [1.54, 1.807) is 0 Å². The lowest BCUT2D eigenvalue weighted by atomic mass is 9.96. The summed E-state index contributed by atoms with van der Waals surface area (Å²) in [5.74, 6) is 1.15. The topological polar surface area (TPSA) is 31.6 Å². The molecule has 0 spiro atoms. The predicted octanol–water partition coefficient (Wildman–Crippen LogP) is 2.49. The van der Waals surface area contributed by atoms with E-state index in [2.05, 4.69) is 28.1 Å². The maximum absolute atomic E-state index is 5.80. The van der Waals surface area contributed by atoms with E-state index in [-0.39, 0.29) is 0 Å². The fourth-order valence-corrected chi connectivity index (χ4v) is 3.85. The standard InChI is InChI=1S/C17H29N3O/c1-2-15-6-3-4-10-20(15)16(17-7-5-13-21-17)14-19-11-8-18-9-12-19/h5,7,13,15-16,18H,2-4,6,8-12,14H2,1H3. The summed E-state index contributed by atoms with van der Waals surface area (Å²) < 4.78 is 5.80. The Hall–Kier alpha value is -0.840. The Balaban J connectivity index is 1.74. The zero-order valence-electron chi connectivity index (χ0n) is 13.3. The SMILES string of the molecule is CCC1CCCCN1C(CN1CCNCC1)c1ccco1. The Labute approximate surface area is 128 Å². The summed E-state index contributed by atoms with van der Waals surface area (Å²) >= 11 is 0. The number of rotatable bonds is 5. The smallest absolute Gasteiger partial charge is 0.122 e. The first-order valence-corrected chi connectivity index (χ1v) is 8.60. The summed E-state index contributed by atoms with van der Waals surface area (Å²) in [5, 5.41) is 3.44. The van der Waals surface area contributed by atoms with Crippen molar-refractivity contribution in [3.63, 3.8) is 0 Å². The van der Waals surface area contributed by atoms with Crippen molar-refractivity contribution < 1.29 is 4.42 Å².